The van der Waals surface area contributed by atoms with Crippen molar-refractivity contribution in [2.24, 2.45) is 0 Å². The Balaban J connectivity index is 2.44. The van der Waals surface area contributed by atoms with Crippen molar-refractivity contribution in [2.75, 3.05) is 33.9 Å². The van der Waals surface area contributed by atoms with Crippen LogP contribution in [0.5, 0.6) is 0 Å². The minimum Gasteiger partial charge on any atom is -0.383 e. The van der Waals surface area contributed by atoms with Crippen LogP contribution in [0.4, 0.5) is 0 Å². The van der Waals surface area contributed by atoms with Crippen LogP contribution in [0.1, 0.15) is 26.3 Å². The Morgan fingerprint density at radius 1 is 1.20 bits per heavy atom. The summed E-state index contributed by atoms with van der Waals surface area (Å²) in [5, 5.41) is 3.56. The molecule has 0 bridgehead atoms. The van der Waals surface area contributed by atoms with Crippen molar-refractivity contribution in [3.8, 4) is 0 Å². The van der Waals surface area contributed by atoms with Gasteiger partial charge in [0, 0.05) is 31.8 Å². The topological polar surface area (TPSA) is 24.5 Å². The minimum atomic E-state index is 0.145. The molecule has 1 rings (SSSR count). The number of methoxy groups -OCH3 is 1. The lowest BCUT2D eigenvalue weighted by Crippen LogP contribution is -2.48. The lowest BCUT2D eigenvalue weighted by atomic mass is 10.1. The van der Waals surface area contributed by atoms with Gasteiger partial charge >= 0.3 is 0 Å². The summed E-state index contributed by atoms with van der Waals surface area (Å²) in [6, 6.07) is 11.0. The largest absolute Gasteiger partial charge is 0.383 e. The van der Waals surface area contributed by atoms with Crippen LogP contribution in [0.15, 0.2) is 30.3 Å². The lowest BCUT2D eigenvalue weighted by Gasteiger charge is -2.31. The first-order chi connectivity index (χ1) is 9.42. The molecule has 0 heterocycles. The molecular formula is C17H30N2O. The van der Waals surface area contributed by atoms with Crippen LogP contribution < -0.4 is 5.32 Å². The summed E-state index contributed by atoms with van der Waals surface area (Å²) in [6.07, 6.45) is 1.08. The molecule has 114 valence electrons. The van der Waals surface area contributed by atoms with Crippen LogP contribution in [-0.2, 0) is 11.2 Å². The van der Waals surface area contributed by atoms with Crippen molar-refractivity contribution in [3.05, 3.63) is 35.9 Å². The molecule has 0 saturated carbocycles. The highest BCUT2D eigenvalue weighted by molar-refractivity contribution is 5.14. The molecule has 0 fully saturated rings. The minimum absolute atomic E-state index is 0.145. The Bertz CT molecular complexity index is 359. The van der Waals surface area contributed by atoms with Crippen molar-refractivity contribution in [3.63, 3.8) is 0 Å². The van der Waals surface area contributed by atoms with Gasteiger partial charge in [-0.3, -0.25) is 4.90 Å². The van der Waals surface area contributed by atoms with Crippen LogP contribution in [0.2, 0.25) is 0 Å². The van der Waals surface area contributed by atoms with E-state index in [0.717, 1.165) is 26.1 Å². The number of nitrogens with one attached hydrogen (secondary N) is 1. The maximum atomic E-state index is 5.36. The first kappa shape index (κ1) is 17.2. The Hall–Kier alpha value is -0.900. The summed E-state index contributed by atoms with van der Waals surface area (Å²) >= 11 is 0. The van der Waals surface area contributed by atoms with Gasteiger partial charge in [-0.15, -0.1) is 0 Å². The normalized spacial score (nSPS) is 13.7. The summed E-state index contributed by atoms with van der Waals surface area (Å²) in [7, 11) is 3.95. The van der Waals surface area contributed by atoms with Crippen LogP contribution >= 0.6 is 0 Å². The van der Waals surface area contributed by atoms with E-state index in [1.807, 2.05) is 0 Å². The molecule has 0 aliphatic heterocycles. The molecule has 0 aromatic heterocycles. The van der Waals surface area contributed by atoms with Gasteiger partial charge in [-0.1, -0.05) is 30.3 Å². The third-order valence-corrected chi connectivity index (χ3v) is 3.45. The number of ether oxygens (including phenoxy) is 1. The quantitative estimate of drug-likeness (QED) is 0.791. The number of hydrogen-bond donors (Lipinski definition) is 1. The van der Waals surface area contributed by atoms with E-state index in [0.29, 0.717) is 6.04 Å². The highest BCUT2D eigenvalue weighted by atomic mass is 16.5. The molecule has 0 radical (unpaired) electrons. The van der Waals surface area contributed by atoms with Gasteiger partial charge in [0.1, 0.15) is 0 Å². The predicted octanol–water partition coefficient (Wildman–Crippen LogP) is 2.56. The van der Waals surface area contributed by atoms with Gasteiger partial charge in [0.25, 0.3) is 0 Å². The highest BCUT2D eigenvalue weighted by Crippen LogP contribution is 2.05. The Morgan fingerprint density at radius 2 is 1.85 bits per heavy atom. The van der Waals surface area contributed by atoms with Gasteiger partial charge < -0.3 is 10.1 Å². The van der Waals surface area contributed by atoms with Crippen molar-refractivity contribution >= 4 is 0 Å². The summed E-state index contributed by atoms with van der Waals surface area (Å²) in [5.74, 6) is 0. The molecule has 1 unspecified atom stereocenters. The zero-order valence-corrected chi connectivity index (χ0v) is 13.6. The Kier molecular flexibility index (Phi) is 7.20. The maximum Gasteiger partial charge on any atom is 0.0630 e. The number of hydrogen-bond acceptors (Lipinski definition) is 3. The monoisotopic (exact) mass is 278 g/mol. The summed E-state index contributed by atoms with van der Waals surface area (Å²) in [6.45, 7) is 9.34. The molecule has 0 aliphatic carbocycles. The van der Waals surface area contributed by atoms with Gasteiger partial charge in [0.15, 0.2) is 0 Å². The van der Waals surface area contributed by atoms with Crippen molar-refractivity contribution in [2.45, 2.75) is 38.8 Å². The first-order valence-corrected chi connectivity index (χ1v) is 7.40. The van der Waals surface area contributed by atoms with E-state index in [1.165, 1.54) is 5.56 Å². The van der Waals surface area contributed by atoms with Crippen LogP contribution in [0.3, 0.4) is 0 Å². The average molecular weight is 278 g/mol. The molecule has 20 heavy (non-hydrogen) atoms. The third kappa shape index (κ3) is 7.04. The fraction of sp³-hybridized carbons (Fsp3) is 0.647. The van der Waals surface area contributed by atoms with E-state index in [2.05, 4.69) is 68.4 Å². The summed E-state index contributed by atoms with van der Waals surface area (Å²) in [5.41, 5.74) is 1.53. The van der Waals surface area contributed by atoms with Crippen molar-refractivity contribution < 1.29 is 4.74 Å². The van der Waals surface area contributed by atoms with Gasteiger partial charge in [0.2, 0.25) is 0 Å². The van der Waals surface area contributed by atoms with E-state index in [1.54, 1.807) is 7.11 Å². The van der Waals surface area contributed by atoms with Crippen LogP contribution in [-0.4, -0.2) is 50.3 Å². The molecule has 0 amide bonds. The molecule has 3 heteroatoms. The smallest absolute Gasteiger partial charge is 0.0630 e. The molecule has 0 saturated heterocycles. The van der Waals surface area contributed by atoms with Crippen molar-refractivity contribution in [1.29, 1.82) is 0 Å². The maximum absolute atomic E-state index is 5.36. The fourth-order valence-corrected chi connectivity index (χ4v) is 2.09. The van der Waals surface area contributed by atoms with E-state index < -0.39 is 0 Å². The molecule has 1 aromatic rings. The molecule has 0 aliphatic rings. The predicted molar refractivity (Wildman–Crippen MR) is 86.2 cm³/mol. The average Bonchev–Trinajstić information content (AvgIpc) is 2.41. The van der Waals surface area contributed by atoms with E-state index >= 15 is 0 Å². The lowest BCUT2D eigenvalue weighted by molar-refractivity contribution is 0.102. The number of nitrogens with zero attached hydrogens (tertiary/aromatic N) is 1. The highest BCUT2D eigenvalue weighted by Gasteiger charge is 2.17. The molecule has 1 aromatic carbocycles. The Labute approximate surface area is 124 Å². The second-order valence-electron chi connectivity index (χ2n) is 6.46. The van der Waals surface area contributed by atoms with Gasteiger partial charge in [-0.2, -0.15) is 0 Å². The standard InChI is InChI=1S/C17H30N2O/c1-17(2,3)18-13-16(14-20-5)19(4)12-11-15-9-7-6-8-10-15/h6-10,16,18H,11-14H2,1-5H3. The van der Waals surface area contributed by atoms with E-state index in [4.69, 9.17) is 4.74 Å². The molecular weight excluding hydrogens is 248 g/mol. The van der Waals surface area contributed by atoms with E-state index in [9.17, 15) is 0 Å². The first-order valence-electron chi connectivity index (χ1n) is 7.40. The second kappa shape index (κ2) is 8.40. The molecule has 0 spiro atoms. The number of benzene rings is 1. The summed E-state index contributed by atoms with van der Waals surface area (Å²) < 4.78 is 5.36. The molecule has 1 N–H and O–H groups in total. The third-order valence-electron chi connectivity index (χ3n) is 3.45. The van der Waals surface area contributed by atoms with Crippen LogP contribution in [0, 0.1) is 0 Å². The SMILES string of the molecule is COCC(CNC(C)(C)C)N(C)CCc1ccccc1. The number of rotatable bonds is 8. The molecule has 1 atom stereocenters. The zero-order valence-electron chi connectivity index (χ0n) is 13.6. The van der Waals surface area contributed by atoms with Gasteiger partial charge in [-0.05, 0) is 39.8 Å². The second-order valence-corrected chi connectivity index (χ2v) is 6.46. The Morgan fingerprint density at radius 3 is 2.40 bits per heavy atom. The van der Waals surface area contributed by atoms with E-state index in [-0.39, 0.29) is 5.54 Å². The van der Waals surface area contributed by atoms with Gasteiger partial charge in [0.05, 0.1) is 6.61 Å². The summed E-state index contributed by atoms with van der Waals surface area (Å²) in [4.78, 5) is 2.38. The van der Waals surface area contributed by atoms with Crippen LogP contribution in [0.25, 0.3) is 0 Å². The van der Waals surface area contributed by atoms with Crippen molar-refractivity contribution in [1.82, 2.24) is 10.2 Å². The number of likely N-dealkylation sites (N-methyl/N-ethyl adjacent to an activating group) is 1. The fourth-order valence-electron chi connectivity index (χ4n) is 2.09. The van der Waals surface area contributed by atoms with Gasteiger partial charge in [-0.25, -0.2) is 0 Å². The zero-order chi connectivity index (χ0) is 15.0. The molecule has 3 nitrogen and oxygen atoms in total.